The van der Waals surface area contributed by atoms with E-state index in [0.29, 0.717) is 0 Å². The van der Waals surface area contributed by atoms with Crippen LogP contribution in [0.4, 0.5) is 4.39 Å². The second-order valence-corrected chi connectivity index (χ2v) is 4.76. The van der Waals surface area contributed by atoms with E-state index in [2.05, 4.69) is 10.2 Å². The van der Waals surface area contributed by atoms with Gasteiger partial charge < -0.3 is 0 Å². The number of H-pyrrole nitrogens is 1. The van der Waals surface area contributed by atoms with Gasteiger partial charge >= 0.3 is 0 Å². The van der Waals surface area contributed by atoms with Gasteiger partial charge in [-0.25, -0.2) is 4.39 Å². The Morgan fingerprint density at radius 2 is 1.88 bits per heavy atom. The Labute approximate surface area is 102 Å². The molecule has 1 aromatic heterocycles. The molecule has 0 radical (unpaired) electrons. The molecule has 0 unspecified atom stereocenters. The summed E-state index contributed by atoms with van der Waals surface area (Å²) >= 11 is 1.60. The fourth-order valence-corrected chi connectivity index (χ4v) is 2.60. The molecule has 0 atom stereocenters. The van der Waals surface area contributed by atoms with Crippen molar-refractivity contribution < 1.29 is 4.39 Å². The van der Waals surface area contributed by atoms with Crippen LogP contribution in [-0.2, 0) is 0 Å². The normalized spacial score (nSPS) is 10.9. The summed E-state index contributed by atoms with van der Waals surface area (Å²) in [6, 6.07) is 12.5. The Morgan fingerprint density at radius 1 is 1.06 bits per heavy atom. The first-order chi connectivity index (χ1) is 8.33. The lowest BCUT2D eigenvalue weighted by Crippen LogP contribution is -1.77. The predicted molar refractivity (Wildman–Crippen MR) is 66.6 cm³/mol. The molecule has 1 heterocycles. The molecule has 3 rings (SSSR count). The quantitative estimate of drug-likeness (QED) is 0.741. The monoisotopic (exact) mass is 244 g/mol. The van der Waals surface area contributed by atoms with Gasteiger partial charge in [-0.15, -0.1) is 0 Å². The highest BCUT2D eigenvalue weighted by atomic mass is 32.2. The molecule has 84 valence electrons. The average molecular weight is 244 g/mol. The average Bonchev–Trinajstić information content (AvgIpc) is 2.81. The van der Waals surface area contributed by atoms with Gasteiger partial charge in [-0.2, -0.15) is 5.10 Å². The highest BCUT2D eigenvalue weighted by Crippen LogP contribution is 2.32. The summed E-state index contributed by atoms with van der Waals surface area (Å²) in [5, 5.41) is 8.04. The first-order valence-corrected chi connectivity index (χ1v) is 6.00. The lowest BCUT2D eigenvalue weighted by Gasteiger charge is -2.02. The summed E-state index contributed by atoms with van der Waals surface area (Å²) in [5.74, 6) is -0.212. The zero-order valence-corrected chi connectivity index (χ0v) is 9.67. The summed E-state index contributed by atoms with van der Waals surface area (Å²) < 4.78 is 12.8. The second-order valence-electron chi connectivity index (χ2n) is 3.64. The highest BCUT2D eigenvalue weighted by molar-refractivity contribution is 7.99. The first-order valence-electron chi connectivity index (χ1n) is 5.18. The zero-order valence-electron chi connectivity index (χ0n) is 8.85. The molecule has 0 fully saturated rings. The Kier molecular flexibility index (Phi) is 2.57. The molecule has 2 aromatic carbocycles. The van der Waals surface area contributed by atoms with Crippen molar-refractivity contribution >= 4 is 22.7 Å². The molecular formula is C13H9FN2S. The predicted octanol–water partition coefficient (Wildman–Crippen LogP) is 3.85. The van der Waals surface area contributed by atoms with Crippen molar-refractivity contribution in [3.05, 3.63) is 54.5 Å². The standard InChI is InChI=1S/C13H9FN2S/c14-9-4-6-10(7-5-9)17-13-3-1-2-12-11(13)8-15-16-12/h1-8H,(H,15,16). The Balaban J connectivity index is 1.99. The molecule has 0 amide bonds. The summed E-state index contributed by atoms with van der Waals surface area (Å²) in [5.41, 5.74) is 1.01. The van der Waals surface area contributed by atoms with Crippen LogP contribution in [0.25, 0.3) is 10.9 Å². The van der Waals surface area contributed by atoms with Crippen LogP contribution in [0.2, 0.25) is 0 Å². The summed E-state index contributed by atoms with van der Waals surface area (Å²) in [7, 11) is 0. The van der Waals surface area contributed by atoms with E-state index in [1.807, 2.05) is 18.2 Å². The summed E-state index contributed by atoms with van der Waals surface area (Å²) in [6.07, 6.45) is 1.81. The number of aromatic amines is 1. The third-order valence-electron chi connectivity index (χ3n) is 2.49. The zero-order chi connectivity index (χ0) is 11.7. The number of nitrogens with zero attached hydrogens (tertiary/aromatic N) is 1. The van der Waals surface area contributed by atoms with E-state index in [1.54, 1.807) is 30.1 Å². The van der Waals surface area contributed by atoms with Gasteiger partial charge in [0.1, 0.15) is 5.82 Å². The number of rotatable bonds is 2. The van der Waals surface area contributed by atoms with Crippen molar-refractivity contribution in [2.45, 2.75) is 9.79 Å². The van der Waals surface area contributed by atoms with Gasteiger partial charge in [-0.3, -0.25) is 5.10 Å². The molecule has 0 saturated carbocycles. The van der Waals surface area contributed by atoms with Gasteiger partial charge in [0.25, 0.3) is 0 Å². The molecule has 0 aliphatic heterocycles. The van der Waals surface area contributed by atoms with Gasteiger partial charge in [-0.05, 0) is 36.4 Å². The van der Waals surface area contributed by atoms with Crippen LogP contribution in [0.5, 0.6) is 0 Å². The molecule has 0 aliphatic rings. The van der Waals surface area contributed by atoms with Crippen LogP contribution >= 0.6 is 11.8 Å². The molecule has 1 N–H and O–H groups in total. The second kappa shape index (κ2) is 4.22. The van der Waals surface area contributed by atoms with Gasteiger partial charge in [0, 0.05) is 15.2 Å². The van der Waals surface area contributed by atoms with Crippen LogP contribution in [0.3, 0.4) is 0 Å². The Bertz CT molecular complexity index is 646. The molecule has 2 nitrogen and oxygen atoms in total. The molecule has 17 heavy (non-hydrogen) atoms. The fraction of sp³-hybridized carbons (Fsp3) is 0. The van der Waals surface area contributed by atoms with E-state index in [0.717, 1.165) is 20.7 Å². The number of hydrogen-bond donors (Lipinski definition) is 1. The maximum Gasteiger partial charge on any atom is 0.123 e. The largest absolute Gasteiger partial charge is 0.278 e. The number of halogens is 1. The molecule has 0 saturated heterocycles. The third-order valence-corrected chi connectivity index (χ3v) is 3.57. The van der Waals surface area contributed by atoms with Crippen molar-refractivity contribution in [1.82, 2.24) is 10.2 Å². The minimum atomic E-state index is -0.212. The first kappa shape index (κ1) is 10.4. The van der Waals surface area contributed by atoms with Gasteiger partial charge in [-0.1, -0.05) is 17.8 Å². The summed E-state index contributed by atoms with van der Waals surface area (Å²) in [6.45, 7) is 0. The van der Waals surface area contributed by atoms with E-state index in [1.165, 1.54) is 12.1 Å². The van der Waals surface area contributed by atoms with Crippen molar-refractivity contribution in [3.63, 3.8) is 0 Å². The minimum absolute atomic E-state index is 0.212. The SMILES string of the molecule is Fc1ccc(Sc2cccc3[nH]ncc23)cc1. The topological polar surface area (TPSA) is 28.7 Å². The number of nitrogens with one attached hydrogen (secondary N) is 1. The minimum Gasteiger partial charge on any atom is -0.278 e. The maximum atomic E-state index is 12.8. The Hall–Kier alpha value is -1.81. The van der Waals surface area contributed by atoms with Crippen molar-refractivity contribution in [1.29, 1.82) is 0 Å². The Morgan fingerprint density at radius 3 is 2.71 bits per heavy atom. The molecule has 0 bridgehead atoms. The van der Waals surface area contributed by atoms with E-state index in [-0.39, 0.29) is 5.82 Å². The van der Waals surface area contributed by atoms with Gasteiger partial charge in [0.05, 0.1) is 11.7 Å². The number of aromatic nitrogens is 2. The van der Waals surface area contributed by atoms with Gasteiger partial charge in [0.2, 0.25) is 0 Å². The van der Waals surface area contributed by atoms with Crippen LogP contribution in [0.15, 0.2) is 58.5 Å². The number of hydrogen-bond acceptors (Lipinski definition) is 2. The third kappa shape index (κ3) is 2.03. The van der Waals surface area contributed by atoms with E-state index in [9.17, 15) is 4.39 Å². The smallest absolute Gasteiger partial charge is 0.123 e. The number of benzene rings is 2. The van der Waals surface area contributed by atoms with Crippen LogP contribution in [-0.4, -0.2) is 10.2 Å². The van der Waals surface area contributed by atoms with Crippen molar-refractivity contribution in [3.8, 4) is 0 Å². The summed E-state index contributed by atoms with van der Waals surface area (Å²) in [4.78, 5) is 2.13. The lowest BCUT2D eigenvalue weighted by atomic mass is 10.3. The maximum absolute atomic E-state index is 12.8. The molecule has 3 aromatic rings. The fourth-order valence-electron chi connectivity index (χ4n) is 1.66. The molecule has 0 aliphatic carbocycles. The van der Waals surface area contributed by atoms with E-state index >= 15 is 0 Å². The van der Waals surface area contributed by atoms with Crippen LogP contribution in [0.1, 0.15) is 0 Å². The van der Waals surface area contributed by atoms with Crippen molar-refractivity contribution in [2.24, 2.45) is 0 Å². The molecule has 0 spiro atoms. The molecule has 4 heteroatoms. The highest BCUT2D eigenvalue weighted by Gasteiger charge is 2.04. The molecular weight excluding hydrogens is 235 g/mol. The van der Waals surface area contributed by atoms with Crippen LogP contribution < -0.4 is 0 Å². The van der Waals surface area contributed by atoms with Gasteiger partial charge in [0.15, 0.2) is 0 Å². The lowest BCUT2D eigenvalue weighted by molar-refractivity contribution is 0.626. The van der Waals surface area contributed by atoms with E-state index < -0.39 is 0 Å². The van der Waals surface area contributed by atoms with Crippen molar-refractivity contribution in [2.75, 3.05) is 0 Å². The van der Waals surface area contributed by atoms with E-state index in [4.69, 9.17) is 0 Å². The number of fused-ring (bicyclic) bond motifs is 1. The van der Waals surface area contributed by atoms with Crippen LogP contribution in [0, 0.1) is 5.82 Å².